The van der Waals surface area contributed by atoms with Crippen LogP contribution >= 0.6 is 0 Å². The molecule has 2 aromatic rings. The average Bonchev–Trinajstić information content (AvgIpc) is 3.36. The molecule has 4 rings (SSSR count). The zero-order chi connectivity index (χ0) is 19.0. The van der Waals surface area contributed by atoms with Crippen LogP contribution in [0.4, 0.5) is 0 Å². The minimum absolute atomic E-state index is 0.0851. The molecule has 1 aliphatic heterocycles. The summed E-state index contributed by atoms with van der Waals surface area (Å²) in [7, 11) is 1.40. The predicted molar refractivity (Wildman–Crippen MR) is 99.0 cm³/mol. The molecule has 1 aromatic heterocycles. The summed E-state index contributed by atoms with van der Waals surface area (Å²) in [5, 5.41) is 3.63. The van der Waals surface area contributed by atoms with Crippen molar-refractivity contribution in [2.45, 2.75) is 19.3 Å². The van der Waals surface area contributed by atoms with Crippen LogP contribution in [0.1, 0.15) is 29.8 Å². The number of aromatic amines is 1. The van der Waals surface area contributed by atoms with E-state index in [2.05, 4.69) is 10.3 Å². The lowest BCUT2D eigenvalue weighted by Crippen LogP contribution is -2.42. The standard InChI is InChI=1S/C20H23N3O4/c1-27-19(26)20-8-4-6-14(20)11-23(12-20)17(24)10-21-18(25)16-9-13-5-2-3-7-15(13)22-16/h2-3,5,7,9,14,22H,4,6,8,10-12H2,1H3,(H,21,25). The molecule has 0 bridgehead atoms. The Kier molecular flexibility index (Phi) is 4.37. The first-order valence-electron chi connectivity index (χ1n) is 9.25. The number of amides is 2. The van der Waals surface area contributed by atoms with Gasteiger partial charge in [0.2, 0.25) is 5.91 Å². The minimum Gasteiger partial charge on any atom is -0.469 e. The Bertz CT molecular complexity index is 873. The fourth-order valence-electron chi connectivity index (χ4n) is 4.57. The second-order valence-corrected chi connectivity index (χ2v) is 7.46. The van der Waals surface area contributed by atoms with Gasteiger partial charge in [-0.25, -0.2) is 0 Å². The number of aromatic nitrogens is 1. The van der Waals surface area contributed by atoms with Crippen molar-refractivity contribution in [1.82, 2.24) is 15.2 Å². The van der Waals surface area contributed by atoms with E-state index in [0.717, 1.165) is 30.2 Å². The fourth-order valence-corrected chi connectivity index (χ4v) is 4.57. The monoisotopic (exact) mass is 369 g/mol. The third-order valence-corrected chi connectivity index (χ3v) is 5.99. The van der Waals surface area contributed by atoms with Crippen molar-refractivity contribution in [2.75, 3.05) is 26.7 Å². The molecule has 2 amide bonds. The lowest BCUT2D eigenvalue weighted by Gasteiger charge is -2.25. The third kappa shape index (κ3) is 2.97. The largest absolute Gasteiger partial charge is 0.469 e. The predicted octanol–water partition coefficient (Wildman–Crippen LogP) is 1.70. The highest BCUT2D eigenvalue weighted by atomic mass is 16.5. The molecule has 2 heterocycles. The number of methoxy groups -OCH3 is 1. The van der Waals surface area contributed by atoms with E-state index in [4.69, 9.17) is 4.74 Å². The molecule has 142 valence electrons. The second kappa shape index (κ2) is 6.72. The molecule has 0 spiro atoms. The topological polar surface area (TPSA) is 91.5 Å². The van der Waals surface area contributed by atoms with Gasteiger partial charge < -0.3 is 19.9 Å². The first-order valence-corrected chi connectivity index (χ1v) is 9.25. The summed E-state index contributed by atoms with van der Waals surface area (Å²) >= 11 is 0. The number of esters is 1. The third-order valence-electron chi connectivity index (χ3n) is 5.99. The van der Waals surface area contributed by atoms with E-state index in [0.29, 0.717) is 18.8 Å². The number of benzene rings is 1. The molecule has 2 fully saturated rings. The number of likely N-dealkylation sites (tertiary alicyclic amines) is 1. The van der Waals surface area contributed by atoms with Crippen LogP contribution in [0.2, 0.25) is 0 Å². The van der Waals surface area contributed by atoms with Crippen LogP contribution in [0.25, 0.3) is 10.9 Å². The number of fused-ring (bicyclic) bond motifs is 2. The van der Waals surface area contributed by atoms with E-state index >= 15 is 0 Å². The number of para-hydroxylation sites is 1. The molecule has 2 aliphatic rings. The molecular weight excluding hydrogens is 346 g/mol. The number of H-pyrrole nitrogens is 1. The van der Waals surface area contributed by atoms with E-state index in [-0.39, 0.29) is 30.2 Å². The Labute approximate surface area is 157 Å². The van der Waals surface area contributed by atoms with E-state index < -0.39 is 5.41 Å². The zero-order valence-corrected chi connectivity index (χ0v) is 15.3. The first kappa shape index (κ1) is 17.6. The summed E-state index contributed by atoms with van der Waals surface area (Å²) in [6.07, 6.45) is 2.68. The number of ether oxygens (including phenoxy) is 1. The van der Waals surface area contributed by atoms with Gasteiger partial charge in [-0.2, -0.15) is 0 Å². The van der Waals surface area contributed by atoms with Crippen LogP contribution < -0.4 is 5.32 Å². The molecule has 2 atom stereocenters. The van der Waals surface area contributed by atoms with Gasteiger partial charge >= 0.3 is 5.97 Å². The highest BCUT2D eigenvalue weighted by molar-refractivity contribution is 5.99. The summed E-state index contributed by atoms with van der Waals surface area (Å²) in [4.78, 5) is 42.0. The van der Waals surface area contributed by atoms with E-state index in [1.54, 1.807) is 11.0 Å². The first-order chi connectivity index (χ1) is 13.0. The number of hydrogen-bond acceptors (Lipinski definition) is 4. The highest BCUT2D eigenvalue weighted by Gasteiger charge is 2.56. The van der Waals surface area contributed by atoms with Gasteiger partial charge in [-0.1, -0.05) is 24.6 Å². The molecule has 2 N–H and O–H groups in total. The van der Waals surface area contributed by atoms with Crippen molar-refractivity contribution >= 4 is 28.7 Å². The number of nitrogens with one attached hydrogen (secondary N) is 2. The summed E-state index contributed by atoms with van der Waals surface area (Å²) in [6, 6.07) is 9.38. The van der Waals surface area contributed by atoms with Gasteiger partial charge in [0.15, 0.2) is 0 Å². The quantitative estimate of drug-likeness (QED) is 0.803. The summed E-state index contributed by atoms with van der Waals surface area (Å²) in [6.45, 7) is 0.847. The molecule has 2 unspecified atom stereocenters. The molecule has 1 aromatic carbocycles. The number of nitrogens with zero attached hydrogens (tertiary/aromatic N) is 1. The Balaban J connectivity index is 1.38. The highest BCUT2D eigenvalue weighted by Crippen LogP contribution is 2.49. The summed E-state index contributed by atoms with van der Waals surface area (Å²) in [5.74, 6) is -0.556. The SMILES string of the molecule is COC(=O)C12CCCC1CN(C(=O)CNC(=O)c1cc3ccccc3[nH]1)C2. The summed E-state index contributed by atoms with van der Waals surface area (Å²) < 4.78 is 5.00. The lowest BCUT2D eigenvalue weighted by atomic mass is 9.81. The Morgan fingerprint density at radius 2 is 2.15 bits per heavy atom. The number of hydrogen-bond donors (Lipinski definition) is 2. The normalized spacial score (nSPS) is 24.0. The van der Waals surface area contributed by atoms with Gasteiger partial charge in [-0.15, -0.1) is 0 Å². The Hall–Kier alpha value is -2.83. The number of carbonyl (C=O) groups excluding carboxylic acids is 3. The van der Waals surface area contributed by atoms with Gasteiger partial charge in [0, 0.05) is 24.0 Å². The Morgan fingerprint density at radius 1 is 1.33 bits per heavy atom. The van der Waals surface area contributed by atoms with Crippen LogP contribution in [0.5, 0.6) is 0 Å². The van der Waals surface area contributed by atoms with Crippen LogP contribution in [0.3, 0.4) is 0 Å². The van der Waals surface area contributed by atoms with Gasteiger partial charge in [0.25, 0.3) is 5.91 Å². The van der Waals surface area contributed by atoms with Crippen molar-refractivity contribution in [2.24, 2.45) is 11.3 Å². The average molecular weight is 369 g/mol. The smallest absolute Gasteiger partial charge is 0.313 e. The van der Waals surface area contributed by atoms with E-state index in [1.807, 2.05) is 24.3 Å². The maximum absolute atomic E-state index is 12.6. The van der Waals surface area contributed by atoms with Crippen molar-refractivity contribution in [1.29, 1.82) is 0 Å². The lowest BCUT2D eigenvalue weighted by molar-refractivity contribution is -0.153. The van der Waals surface area contributed by atoms with Crippen molar-refractivity contribution < 1.29 is 19.1 Å². The molecule has 0 radical (unpaired) electrons. The molecule has 1 saturated carbocycles. The van der Waals surface area contributed by atoms with E-state index in [9.17, 15) is 14.4 Å². The van der Waals surface area contributed by atoms with Crippen molar-refractivity contribution in [3.8, 4) is 0 Å². The minimum atomic E-state index is -0.564. The molecule has 1 aliphatic carbocycles. The number of rotatable bonds is 4. The number of carbonyl (C=O) groups is 3. The fraction of sp³-hybridized carbons (Fsp3) is 0.450. The maximum Gasteiger partial charge on any atom is 0.313 e. The van der Waals surface area contributed by atoms with Crippen LogP contribution in [-0.2, 0) is 14.3 Å². The molecule has 7 nitrogen and oxygen atoms in total. The van der Waals surface area contributed by atoms with Crippen molar-refractivity contribution in [3.63, 3.8) is 0 Å². The van der Waals surface area contributed by atoms with Gasteiger partial charge in [-0.3, -0.25) is 14.4 Å². The van der Waals surface area contributed by atoms with Crippen LogP contribution in [-0.4, -0.2) is 54.4 Å². The Morgan fingerprint density at radius 3 is 2.93 bits per heavy atom. The second-order valence-electron chi connectivity index (χ2n) is 7.46. The molecular formula is C20H23N3O4. The van der Waals surface area contributed by atoms with E-state index in [1.165, 1.54) is 7.11 Å². The van der Waals surface area contributed by atoms with Crippen LogP contribution in [0.15, 0.2) is 30.3 Å². The van der Waals surface area contributed by atoms with Gasteiger partial charge in [-0.05, 0) is 30.9 Å². The summed E-state index contributed by atoms with van der Waals surface area (Å²) in [5.41, 5.74) is 0.737. The van der Waals surface area contributed by atoms with Gasteiger partial charge in [0.05, 0.1) is 19.1 Å². The van der Waals surface area contributed by atoms with Gasteiger partial charge in [0.1, 0.15) is 5.69 Å². The molecule has 7 heteroatoms. The zero-order valence-electron chi connectivity index (χ0n) is 15.3. The van der Waals surface area contributed by atoms with Crippen LogP contribution in [0, 0.1) is 11.3 Å². The maximum atomic E-state index is 12.6. The molecule has 27 heavy (non-hydrogen) atoms. The van der Waals surface area contributed by atoms with Crippen molar-refractivity contribution in [3.05, 3.63) is 36.0 Å². The molecule has 1 saturated heterocycles.